The van der Waals surface area contributed by atoms with Crippen LogP contribution in [0.1, 0.15) is 44.2 Å². The van der Waals surface area contributed by atoms with Gasteiger partial charge in [0, 0.05) is 36.6 Å². The molecule has 0 radical (unpaired) electrons. The molecule has 0 unspecified atom stereocenters. The third-order valence-electron chi connectivity index (χ3n) is 4.25. The first-order chi connectivity index (χ1) is 15.1. The number of aromatic nitrogens is 1. The van der Waals surface area contributed by atoms with Crippen LogP contribution < -0.4 is 15.8 Å². The molecule has 2 rings (SSSR count). The maximum atomic E-state index is 11.5. The number of carboxylic acids is 1. The Morgan fingerprint density at radius 1 is 1.25 bits per heavy atom. The Kier molecular flexibility index (Phi) is 9.36. The number of nitrogens with zero attached hydrogens (tertiary/aromatic N) is 2. The summed E-state index contributed by atoms with van der Waals surface area (Å²) < 4.78 is 26.5. The topological polar surface area (TPSA) is 147 Å². The predicted molar refractivity (Wildman–Crippen MR) is 126 cm³/mol. The normalized spacial score (nSPS) is 12.6. The zero-order chi connectivity index (χ0) is 23.6. The smallest absolute Gasteiger partial charge is 0.320 e. The Hall–Kier alpha value is -3.24. The van der Waals surface area contributed by atoms with E-state index in [2.05, 4.69) is 20.0 Å². The Bertz CT molecular complexity index is 1070. The van der Waals surface area contributed by atoms with Crippen LogP contribution in [0.4, 0.5) is 5.69 Å². The van der Waals surface area contributed by atoms with Gasteiger partial charge in [-0.1, -0.05) is 38.1 Å². The molecule has 0 aliphatic carbocycles. The van der Waals surface area contributed by atoms with Gasteiger partial charge in [-0.15, -0.1) is 4.40 Å². The fraction of sp³-hybridized carbons (Fsp3) is 0.318. The Morgan fingerprint density at radius 3 is 2.62 bits per heavy atom. The average molecular weight is 460 g/mol. The second kappa shape index (κ2) is 12.0. The number of pyridine rings is 1. The molecule has 9 nitrogen and oxygen atoms in total. The van der Waals surface area contributed by atoms with Gasteiger partial charge in [0.2, 0.25) is 5.96 Å². The molecule has 5 N–H and O–H groups in total. The maximum Gasteiger partial charge on any atom is 0.320 e. The number of benzene rings is 1. The van der Waals surface area contributed by atoms with Crippen molar-refractivity contribution in [1.29, 1.82) is 0 Å². The lowest BCUT2D eigenvalue weighted by atomic mass is 9.97. The minimum absolute atomic E-state index is 0.0340. The lowest BCUT2D eigenvalue weighted by Gasteiger charge is -2.15. The highest BCUT2D eigenvalue weighted by Crippen LogP contribution is 2.26. The lowest BCUT2D eigenvalue weighted by Crippen LogP contribution is -2.35. The first-order valence-corrected chi connectivity index (χ1v) is 11.7. The van der Waals surface area contributed by atoms with Crippen LogP contribution in [0.25, 0.3) is 5.57 Å². The van der Waals surface area contributed by atoms with E-state index in [4.69, 9.17) is 10.2 Å². The van der Waals surface area contributed by atoms with Crippen LogP contribution in [0.2, 0.25) is 0 Å². The van der Waals surface area contributed by atoms with Gasteiger partial charge in [-0.3, -0.25) is 9.78 Å². The Balaban J connectivity index is 2.34. The fourth-order valence-corrected chi connectivity index (χ4v) is 3.22. The highest BCUT2D eigenvalue weighted by molar-refractivity contribution is 7.88. The minimum atomic E-state index is -4.09. The summed E-state index contributed by atoms with van der Waals surface area (Å²) in [6.07, 6.45) is 6.59. The van der Waals surface area contributed by atoms with Gasteiger partial charge in [0.05, 0.1) is 0 Å². The number of unbranched alkanes of at least 4 members (excludes halogenated alkanes) is 1. The number of allylic oxidation sites excluding steroid dienone is 1. The second-order valence-electron chi connectivity index (χ2n) is 7.58. The highest BCUT2D eigenvalue weighted by Gasteiger charge is 2.10. The highest BCUT2D eigenvalue weighted by atomic mass is 32.2. The molecule has 0 amide bonds. The van der Waals surface area contributed by atoms with Gasteiger partial charge in [0.15, 0.2) is 0 Å². The molecule has 0 fully saturated rings. The molecule has 10 heteroatoms. The fourth-order valence-electron chi connectivity index (χ4n) is 2.85. The number of carboxylic acid groups (broad SMARTS) is 1. The van der Waals surface area contributed by atoms with Crippen molar-refractivity contribution < 1.29 is 18.3 Å². The number of carbonyl (C=O) groups is 1. The number of guanidine groups is 1. The molecule has 172 valence electrons. The summed E-state index contributed by atoms with van der Waals surface area (Å²) in [7, 11) is -4.09. The maximum absolute atomic E-state index is 11.5. The minimum Gasteiger partial charge on any atom is -0.481 e. The van der Waals surface area contributed by atoms with Gasteiger partial charge in [0.25, 0.3) is 0 Å². The first-order valence-electron chi connectivity index (χ1n) is 10.2. The van der Waals surface area contributed by atoms with Crippen molar-refractivity contribution in [2.45, 2.75) is 33.1 Å². The second-order valence-corrected chi connectivity index (χ2v) is 8.79. The van der Waals surface area contributed by atoms with Crippen molar-refractivity contribution in [3.05, 3.63) is 66.0 Å². The molecule has 0 spiro atoms. The zero-order valence-corrected chi connectivity index (χ0v) is 19.0. The third-order valence-corrected chi connectivity index (χ3v) is 4.69. The molecule has 1 heterocycles. The van der Waals surface area contributed by atoms with E-state index in [1.165, 1.54) is 0 Å². The Labute approximate surface area is 188 Å². The molecular weight excluding hydrogens is 430 g/mol. The molecule has 0 aliphatic heterocycles. The van der Waals surface area contributed by atoms with Gasteiger partial charge in [-0.05, 0) is 48.1 Å². The Morgan fingerprint density at radius 2 is 2.00 bits per heavy atom. The third kappa shape index (κ3) is 9.27. The molecule has 32 heavy (non-hydrogen) atoms. The average Bonchev–Trinajstić information content (AvgIpc) is 2.71. The molecule has 1 aromatic carbocycles. The molecule has 0 bridgehead atoms. The summed E-state index contributed by atoms with van der Waals surface area (Å²) in [5.74, 6) is -0.533. The predicted octanol–water partition coefficient (Wildman–Crippen LogP) is 2.99. The molecule has 0 aliphatic rings. The number of aliphatic carboxylic acids is 1. The van der Waals surface area contributed by atoms with Crippen molar-refractivity contribution in [2.75, 3.05) is 11.9 Å². The summed E-state index contributed by atoms with van der Waals surface area (Å²) in [5.41, 5.74) is 3.25. The van der Waals surface area contributed by atoms with Crippen LogP contribution in [0.5, 0.6) is 0 Å². The van der Waals surface area contributed by atoms with Crippen molar-refractivity contribution in [3.8, 4) is 0 Å². The molecule has 0 saturated carbocycles. The van der Waals surface area contributed by atoms with Gasteiger partial charge in [-0.25, -0.2) is 5.14 Å². The molecule has 0 saturated heterocycles. The van der Waals surface area contributed by atoms with Crippen LogP contribution in [0.3, 0.4) is 0 Å². The number of hydrogen-bond donors (Lipinski definition) is 4. The van der Waals surface area contributed by atoms with E-state index in [-0.39, 0.29) is 18.3 Å². The van der Waals surface area contributed by atoms with Gasteiger partial charge >= 0.3 is 16.2 Å². The van der Waals surface area contributed by atoms with Crippen LogP contribution in [0.15, 0.2) is 59.3 Å². The quantitative estimate of drug-likeness (QED) is 0.243. The van der Waals surface area contributed by atoms with Crippen molar-refractivity contribution in [1.82, 2.24) is 10.3 Å². The molecule has 1 aromatic heterocycles. The lowest BCUT2D eigenvalue weighted by molar-refractivity contribution is -0.137. The molecule has 2 aromatic rings. The summed E-state index contributed by atoms with van der Waals surface area (Å²) in [5, 5.41) is 19.9. The number of hydrogen-bond acceptors (Lipinski definition) is 4. The van der Waals surface area contributed by atoms with Gasteiger partial charge in [-0.2, -0.15) is 8.42 Å². The van der Waals surface area contributed by atoms with E-state index < -0.39 is 16.2 Å². The zero-order valence-electron chi connectivity index (χ0n) is 18.2. The van der Waals surface area contributed by atoms with E-state index in [1.54, 1.807) is 18.5 Å². The number of nitrogens with one attached hydrogen (secondary N) is 2. The van der Waals surface area contributed by atoms with E-state index >= 15 is 0 Å². The van der Waals surface area contributed by atoms with Crippen LogP contribution >= 0.6 is 0 Å². The standard InChI is InChI=1S/C22H29N5O4S/c1-16(2)14-25-22(27-32(23,30)31)26-19-9-5-7-17(13-19)20(10-3-4-11-21(28)29)18-8-6-12-24-15-18/h5-10,12-13,15-16H,3-4,11,14H2,1-2H3,(H,28,29)(H2,23,30,31)(H2,25,26,27)/b20-10+. The van der Waals surface area contributed by atoms with E-state index in [9.17, 15) is 13.2 Å². The summed E-state index contributed by atoms with van der Waals surface area (Å²) in [6.45, 7) is 4.47. The van der Waals surface area contributed by atoms with Crippen LogP contribution in [-0.4, -0.2) is 37.0 Å². The van der Waals surface area contributed by atoms with E-state index in [0.717, 1.165) is 16.7 Å². The van der Waals surface area contributed by atoms with Crippen LogP contribution in [0, 0.1) is 5.92 Å². The summed E-state index contributed by atoms with van der Waals surface area (Å²) in [4.78, 5) is 15.0. The number of rotatable bonds is 10. The van der Waals surface area contributed by atoms with Gasteiger partial charge in [0.1, 0.15) is 0 Å². The van der Waals surface area contributed by atoms with E-state index in [0.29, 0.717) is 25.1 Å². The van der Waals surface area contributed by atoms with E-state index in [1.807, 2.05) is 50.3 Å². The first kappa shape index (κ1) is 25.0. The number of anilines is 1. The van der Waals surface area contributed by atoms with Crippen molar-refractivity contribution in [3.63, 3.8) is 0 Å². The monoisotopic (exact) mass is 459 g/mol. The summed E-state index contributed by atoms with van der Waals surface area (Å²) >= 11 is 0. The SMILES string of the molecule is CC(C)CN/C(=N/S(N)(=O)=O)Nc1cccc(/C(=C\CCCC(=O)O)c2cccnc2)c1. The summed E-state index contributed by atoms with van der Waals surface area (Å²) in [6, 6.07) is 11.1. The van der Waals surface area contributed by atoms with Crippen LogP contribution in [-0.2, 0) is 15.0 Å². The van der Waals surface area contributed by atoms with Gasteiger partial charge < -0.3 is 15.7 Å². The van der Waals surface area contributed by atoms with Crippen molar-refractivity contribution >= 4 is 33.4 Å². The molecular formula is C22H29N5O4S. The largest absolute Gasteiger partial charge is 0.481 e. The van der Waals surface area contributed by atoms with Crippen molar-refractivity contribution in [2.24, 2.45) is 15.5 Å². The number of nitrogens with two attached hydrogens (primary N) is 1. The molecule has 0 atom stereocenters.